The summed E-state index contributed by atoms with van der Waals surface area (Å²) in [6.45, 7) is 0. The minimum absolute atomic E-state index is 0.0229. The summed E-state index contributed by atoms with van der Waals surface area (Å²) < 4.78 is 27.3. The van der Waals surface area contributed by atoms with Crippen molar-refractivity contribution in [2.75, 3.05) is 0 Å². The summed E-state index contributed by atoms with van der Waals surface area (Å²) >= 11 is 17.8. The van der Waals surface area contributed by atoms with Gasteiger partial charge in [-0.2, -0.15) is 0 Å². The van der Waals surface area contributed by atoms with E-state index in [4.69, 9.17) is 34.8 Å². The summed E-state index contributed by atoms with van der Waals surface area (Å²) in [4.78, 5) is 23.5. The number of carbonyl (C=O) groups excluding carboxylic acids is 1. The molecule has 1 aliphatic rings. The van der Waals surface area contributed by atoms with Crippen LogP contribution < -0.4 is 4.72 Å². The van der Waals surface area contributed by atoms with Crippen LogP contribution in [0.4, 0.5) is 0 Å². The SMILES string of the molecule is O=C(O)c1ccc(Cl)cc1S(=O)(=O)NC(=O)C1(c2ccc(Cl)cc2Cl)CC1. The number of benzene rings is 2. The topological polar surface area (TPSA) is 101 Å². The number of sulfonamides is 1. The Balaban J connectivity index is 1.96. The Labute approximate surface area is 170 Å². The summed E-state index contributed by atoms with van der Waals surface area (Å²) in [5, 5.41) is 9.88. The lowest BCUT2D eigenvalue weighted by molar-refractivity contribution is -0.121. The number of halogens is 3. The van der Waals surface area contributed by atoms with E-state index in [0.29, 0.717) is 23.4 Å². The second-order valence-electron chi connectivity index (χ2n) is 6.09. The first-order valence-electron chi connectivity index (χ1n) is 7.62. The molecule has 1 saturated carbocycles. The molecule has 2 aromatic carbocycles. The molecule has 3 rings (SSSR count). The van der Waals surface area contributed by atoms with Crippen LogP contribution in [0.15, 0.2) is 41.3 Å². The minimum atomic E-state index is -4.46. The van der Waals surface area contributed by atoms with Crippen LogP contribution in [0.1, 0.15) is 28.8 Å². The predicted molar refractivity (Wildman–Crippen MR) is 101 cm³/mol. The van der Waals surface area contributed by atoms with Gasteiger partial charge in [0.05, 0.1) is 11.0 Å². The molecule has 27 heavy (non-hydrogen) atoms. The number of nitrogens with one attached hydrogen (secondary N) is 1. The highest BCUT2D eigenvalue weighted by Crippen LogP contribution is 2.51. The van der Waals surface area contributed by atoms with Crippen LogP contribution in [-0.4, -0.2) is 25.4 Å². The van der Waals surface area contributed by atoms with Crippen LogP contribution in [0, 0.1) is 0 Å². The molecule has 6 nitrogen and oxygen atoms in total. The Morgan fingerprint density at radius 3 is 2.15 bits per heavy atom. The lowest BCUT2D eigenvalue weighted by atomic mass is 9.95. The molecule has 0 heterocycles. The lowest BCUT2D eigenvalue weighted by Gasteiger charge is -2.18. The number of hydrogen-bond acceptors (Lipinski definition) is 4. The number of carbonyl (C=O) groups is 2. The predicted octanol–water partition coefficient (Wildman–Crippen LogP) is 3.88. The largest absolute Gasteiger partial charge is 0.478 e. The zero-order valence-corrected chi connectivity index (χ0v) is 16.6. The average molecular weight is 449 g/mol. The monoisotopic (exact) mass is 447 g/mol. The molecule has 0 saturated heterocycles. The highest BCUT2D eigenvalue weighted by atomic mass is 35.5. The molecule has 0 aromatic heterocycles. The normalized spacial score (nSPS) is 15.2. The summed E-state index contributed by atoms with van der Waals surface area (Å²) in [5.74, 6) is -2.25. The lowest BCUT2D eigenvalue weighted by Crippen LogP contribution is -2.39. The van der Waals surface area contributed by atoms with E-state index in [1.807, 2.05) is 4.72 Å². The number of carboxylic acids is 1. The molecule has 0 aliphatic heterocycles. The first-order chi connectivity index (χ1) is 12.6. The van der Waals surface area contributed by atoms with Gasteiger partial charge in [-0.3, -0.25) is 4.79 Å². The van der Waals surface area contributed by atoms with Crippen molar-refractivity contribution in [3.8, 4) is 0 Å². The Morgan fingerprint density at radius 1 is 1.00 bits per heavy atom. The molecule has 0 spiro atoms. The number of rotatable bonds is 5. The molecule has 0 bridgehead atoms. The second kappa shape index (κ2) is 6.98. The molecule has 1 amide bonds. The highest BCUT2D eigenvalue weighted by Gasteiger charge is 2.53. The van der Waals surface area contributed by atoms with E-state index in [1.54, 1.807) is 12.1 Å². The van der Waals surface area contributed by atoms with Gasteiger partial charge in [-0.25, -0.2) is 17.9 Å². The fourth-order valence-electron chi connectivity index (χ4n) is 2.79. The van der Waals surface area contributed by atoms with E-state index >= 15 is 0 Å². The maximum Gasteiger partial charge on any atom is 0.337 e. The second-order valence-corrected chi connectivity index (χ2v) is 9.02. The number of hydrogen-bond donors (Lipinski definition) is 2. The molecule has 1 fully saturated rings. The van der Waals surface area contributed by atoms with Gasteiger partial charge < -0.3 is 5.11 Å². The van der Waals surface area contributed by atoms with Crippen LogP contribution in [0.2, 0.25) is 15.1 Å². The number of aromatic carboxylic acids is 1. The molecular formula is C17H12Cl3NO5S. The van der Waals surface area contributed by atoms with Crippen LogP contribution in [0.25, 0.3) is 0 Å². The van der Waals surface area contributed by atoms with Gasteiger partial charge in [0.15, 0.2) is 0 Å². The van der Waals surface area contributed by atoms with Gasteiger partial charge in [0.2, 0.25) is 5.91 Å². The zero-order valence-electron chi connectivity index (χ0n) is 13.5. The molecule has 142 valence electrons. The molecule has 10 heteroatoms. The van der Waals surface area contributed by atoms with Crippen molar-refractivity contribution in [1.29, 1.82) is 0 Å². The third-order valence-electron chi connectivity index (χ3n) is 4.32. The van der Waals surface area contributed by atoms with Gasteiger partial charge in [0.1, 0.15) is 4.90 Å². The molecule has 0 radical (unpaired) electrons. The van der Waals surface area contributed by atoms with Crippen LogP contribution in [0.3, 0.4) is 0 Å². The summed E-state index contributed by atoms with van der Waals surface area (Å²) in [5.41, 5.74) is -1.13. The summed E-state index contributed by atoms with van der Waals surface area (Å²) in [7, 11) is -4.46. The first kappa shape index (κ1) is 19.9. The van der Waals surface area contributed by atoms with Crippen molar-refractivity contribution in [1.82, 2.24) is 4.72 Å². The Hall–Kier alpha value is -1.80. The highest BCUT2D eigenvalue weighted by molar-refractivity contribution is 7.90. The van der Waals surface area contributed by atoms with E-state index in [2.05, 4.69) is 0 Å². The minimum Gasteiger partial charge on any atom is -0.478 e. The summed E-state index contributed by atoms with van der Waals surface area (Å²) in [6.07, 6.45) is 0.800. The standard InChI is InChI=1S/C17H12Cl3NO5S/c18-9-2-4-12(13(20)7-9)17(5-6-17)16(24)21-27(25,26)14-8-10(19)1-3-11(14)15(22)23/h1-4,7-8H,5-6H2,(H,21,24)(H,22,23). The Morgan fingerprint density at radius 2 is 1.59 bits per heavy atom. The van der Waals surface area contributed by atoms with Crippen molar-refractivity contribution in [3.63, 3.8) is 0 Å². The van der Waals surface area contributed by atoms with E-state index in [1.165, 1.54) is 12.1 Å². The van der Waals surface area contributed by atoms with Crippen molar-refractivity contribution in [2.45, 2.75) is 23.2 Å². The van der Waals surface area contributed by atoms with Gasteiger partial charge >= 0.3 is 5.97 Å². The van der Waals surface area contributed by atoms with E-state index < -0.39 is 37.8 Å². The molecule has 0 atom stereocenters. The van der Waals surface area contributed by atoms with Crippen LogP contribution in [-0.2, 0) is 20.2 Å². The molecule has 1 aliphatic carbocycles. The van der Waals surface area contributed by atoms with E-state index in [-0.39, 0.29) is 10.0 Å². The fourth-order valence-corrected chi connectivity index (χ4v) is 4.89. The van der Waals surface area contributed by atoms with Gasteiger partial charge in [-0.15, -0.1) is 0 Å². The Kier molecular flexibility index (Phi) is 5.16. The first-order valence-corrected chi connectivity index (χ1v) is 10.2. The van der Waals surface area contributed by atoms with E-state index in [9.17, 15) is 23.1 Å². The van der Waals surface area contributed by atoms with Crippen molar-refractivity contribution in [3.05, 3.63) is 62.6 Å². The zero-order chi connectivity index (χ0) is 20.0. The third kappa shape index (κ3) is 3.78. The molecule has 0 unspecified atom stereocenters. The Bertz CT molecular complexity index is 1060. The average Bonchev–Trinajstić information content (AvgIpc) is 3.35. The molecule has 2 aromatic rings. The van der Waals surface area contributed by atoms with Crippen LogP contribution >= 0.6 is 34.8 Å². The summed E-state index contributed by atoms with van der Waals surface area (Å²) in [6, 6.07) is 7.90. The molecular weight excluding hydrogens is 437 g/mol. The van der Waals surface area contributed by atoms with Crippen LogP contribution in [0.5, 0.6) is 0 Å². The smallest absolute Gasteiger partial charge is 0.337 e. The van der Waals surface area contributed by atoms with Crippen molar-refractivity contribution < 1.29 is 23.1 Å². The fraction of sp³-hybridized carbons (Fsp3) is 0.176. The van der Waals surface area contributed by atoms with E-state index in [0.717, 1.165) is 12.1 Å². The van der Waals surface area contributed by atoms with Crippen molar-refractivity contribution in [2.24, 2.45) is 0 Å². The molecule has 2 N–H and O–H groups in total. The van der Waals surface area contributed by atoms with Gasteiger partial charge in [-0.1, -0.05) is 40.9 Å². The maximum atomic E-state index is 12.8. The van der Waals surface area contributed by atoms with Crippen molar-refractivity contribution >= 4 is 56.7 Å². The quantitative estimate of drug-likeness (QED) is 0.723. The van der Waals surface area contributed by atoms with Gasteiger partial charge in [0, 0.05) is 15.1 Å². The number of amides is 1. The van der Waals surface area contributed by atoms with Gasteiger partial charge in [-0.05, 0) is 48.7 Å². The number of carboxylic acid groups (broad SMARTS) is 1. The van der Waals surface area contributed by atoms with Gasteiger partial charge in [0.25, 0.3) is 10.0 Å². The third-order valence-corrected chi connectivity index (χ3v) is 6.48. The maximum absolute atomic E-state index is 12.8.